The van der Waals surface area contributed by atoms with Crippen LogP contribution in [-0.2, 0) is 0 Å². The lowest BCUT2D eigenvalue weighted by molar-refractivity contribution is 1.30. The van der Waals surface area contributed by atoms with Gasteiger partial charge in [0.2, 0.25) is 0 Å². The van der Waals surface area contributed by atoms with Crippen molar-refractivity contribution in [1.29, 1.82) is 0 Å². The zero-order chi connectivity index (χ0) is 39.8. The Labute approximate surface area is 350 Å². The third-order valence-electron chi connectivity index (χ3n) is 11.7. The lowest BCUT2D eigenvalue weighted by Gasteiger charge is -2.27. The lowest BCUT2D eigenvalue weighted by atomic mass is 10.0. The Hall–Kier alpha value is -7.94. The lowest BCUT2D eigenvalue weighted by Crippen LogP contribution is -2.10. The average molecular weight is 765 g/mol. The van der Waals surface area contributed by atoms with Crippen LogP contribution in [0.3, 0.4) is 0 Å². The van der Waals surface area contributed by atoms with E-state index in [2.05, 4.69) is 252 Å². The van der Waals surface area contributed by atoms with Gasteiger partial charge in [-0.25, -0.2) is 0 Å². The summed E-state index contributed by atoms with van der Waals surface area (Å²) in [5.41, 5.74) is 9.12. The van der Waals surface area contributed by atoms with Crippen LogP contribution < -0.4 is 9.80 Å². The summed E-state index contributed by atoms with van der Waals surface area (Å²) in [6, 6.07) is 83.5. The van der Waals surface area contributed by atoms with Crippen LogP contribution in [0.15, 0.2) is 231 Å². The molecule has 0 amide bonds. The van der Waals surface area contributed by atoms with E-state index in [1.807, 2.05) is 0 Å². The molecule has 0 aromatic heterocycles. The first-order chi connectivity index (χ1) is 29.7. The van der Waals surface area contributed by atoms with Gasteiger partial charge in [0.25, 0.3) is 0 Å². The van der Waals surface area contributed by atoms with Gasteiger partial charge in [0.15, 0.2) is 0 Å². The van der Waals surface area contributed by atoms with Crippen molar-refractivity contribution in [2.75, 3.05) is 9.80 Å². The first kappa shape index (κ1) is 35.2. The summed E-state index contributed by atoms with van der Waals surface area (Å²) in [7, 11) is 0. The number of anilines is 6. The van der Waals surface area contributed by atoms with Crippen LogP contribution in [0.4, 0.5) is 34.1 Å². The van der Waals surface area contributed by atoms with Gasteiger partial charge in [-0.1, -0.05) is 176 Å². The van der Waals surface area contributed by atoms with Crippen molar-refractivity contribution in [2.45, 2.75) is 0 Å². The number of nitrogens with zero attached hydrogens (tertiary/aromatic N) is 2. The molecule has 282 valence electrons. The van der Waals surface area contributed by atoms with Crippen molar-refractivity contribution in [3.8, 4) is 0 Å². The molecule has 0 spiro atoms. The zero-order valence-electron chi connectivity index (χ0n) is 33.0. The third kappa shape index (κ3) is 6.61. The minimum atomic E-state index is 1.11. The molecule has 0 fully saturated rings. The maximum Gasteiger partial charge on any atom is 0.0540 e. The first-order valence-corrected chi connectivity index (χ1v) is 20.6. The molecule has 11 aromatic carbocycles. The van der Waals surface area contributed by atoms with Crippen LogP contribution in [0.1, 0.15) is 11.1 Å². The molecule has 0 atom stereocenters. The van der Waals surface area contributed by atoms with Gasteiger partial charge in [-0.15, -0.1) is 0 Å². The smallest absolute Gasteiger partial charge is 0.0540 e. The van der Waals surface area contributed by atoms with E-state index in [0.717, 1.165) is 45.3 Å². The Morgan fingerprint density at radius 1 is 0.233 bits per heavy atom. The zero-order valence-corrected chi connectivity index (χ0v) is 33.0. The summed E-state index contributed by atoms with van der Waals surface area (Å²) in [4.78, 5) is 4.77. The molecule has 0 aliphatic heterocycles. The minimum absolute atomic E-state index is 1.11. The Kier molecular flexibility index (Phi) is 8.87. The van der Waals surface area contributed by atoms with E-state index in [0.29, 0.717) is 0 Å². The predicted molar refractivity (Wildman–Crippen MR) is 259 cm³/mol. The molecule has 0 heterocycles. The van der Waals surface area contributed by atoms with Gasteiger partial charge in [0.1, 0.15) is 0 Å². The van der Waals surface area contributed by atoms with Crippen LogP contribution in [0.5, 0.6) is 0 Å². The standard InChI is InChI=1S/C58H40N2/c1-3-15-47-38-52(34-29-43(47)11-1)59(57-21-9-17-45-13-5-7-19-55(45)57)51-32-26-41(27-33-51)23-24-42-25-28-50-40-54(36-31-49(50)37-42)60(53-35-30-44-12-2-4-16-48(44)39-53)58-22-10-18-46-14-6-8-20-56(46)58/h1-40H. The molecule has 60 heavy (non-hydrogen) atoms. The molecule has 0 bridgehead atoms. The summed E-state index contributed by atoms with van der Waals surface area (Å²) in [6.07, 6.45) is 4.42. The highest BCUT2D eigenvalue weighted by atomic mass is 15.1. The highest BCUT2D eigenvalue weighted by molar-refractivity contribution is 6.02. The monoisotopic (exact) mass is 764 g/mol. The fourth-order valence-corrected chi connectivity index (χ4v) is 8.71. The molecule has 2 heteroatoms. The molecule has 0 saturated heterocycles. The number of rotatable bonds is 8. The number of hydrogen-bond acceptors (Lipinski definition) is 2. The van der Waals surface area contributed by atoms with E-state index < -0.39 is 0 Å². The molecule has 11 aromatic rings. The quantitative estimate of drug-likeness (QED) is 0.142. The molecule has 0 radical (unpaired) electrons. The van der Waals surface area contributed by atoms with Crippen LogP contribution >= 0.6 is 0 Å². The van der Waals surface area contributed by atoms with E-state index in [1.165, 1.54) is 53.9 Å². The van der Waals surface area contributed by atoms with Gasteiger partial charge in [-0.05, 0) is 121 Å². The molecule has 11 rings (SSSR count). The van der Waals surface area contributed by atoms with E-state index >= 15 is 0 Å². The van der Waals surface area contributed by atoms with Crippen LogP contribution in [0, 0.1) is 0 Å². The third-order valence-corrected chi connectivity index (χ3v) is 11.7. The second-order valence-electron chi connectivity index (χ2n) is 15.4. The highest BCUT2D eigenvalue weighted by Gasteiger charge is 2.18. The van der Waals surface area contributed by atoms with Crippen LogP contribution in [0.2, 0.25) is 0 Å². The fraction of sp³-hybridized carbons (Fsp3) is 0. The summed E-state index contributed by atoms with van der Waals surface area (Å²) >= 11 is 0. The molecule has 0 aliphatic carbocycles. The maximum atomic E-state index is 2.40. The molecule has 0 N–H and O–H groups in total. The summed E-state index contributed by atoms with van der Waals surface area (Å²) in [5, 5.41) is 12.2. The second kappa shape index (κ2) is 15.1. The van der Waals surface area contributed by atoms with Crippen molar-refractivity contribution in [3.05, 3.63) is 242 Å². The van der Waals surface area contributed by atoms with E-state index in [4.69, 9.17) is 0 Å². The highest BCUT2D eigenvalue weighted by Crippen LogP contribution is 2.42. The van der Waals surface area contributed by atoms with Gasteiger partial charge < -0.3 is 9.80 Å². The Morgan fingerprint density at radius 2 is 0.583 bits per heavy atom. The van der Waals surface area contributed by atoms with Gasteiger partial charge >= 0.3 is 0 Å². The van der Waals surface area contributed by atoms with Crippen molar-refractivity contribution in [3.63, 3.8) is 0 Å². The predicted octanol–water partition coefficient (Wildman–Crippen LogP) is 16.6. The van der Waals surface area contributed by atoms with Gasteiger partial charge in [-0.2, -0.15) is 0 Å². The SMILES string of the molecule is C(=Cc1ccc2cc(N(c3ccc4ccccc4c3)c3cccc4ccccc34)ccc2c1)c1ccc(N(c2ccc3ccccc3c2)c2cccc3ccccc23)cc1. The molecule has 0 unspecified atom stereocenters. The molecule has 0 aliphatic rings. The largest absolute Gasteiger partial charge is 0.310 e. The normalized spacial score (nSPS) is 11.6. The first-order valence-electron chi connectivity index (χ1n) is 20.6. The topological polar surface area (TPSA) is 6.48 Å². The van der Waals surface area contributed by atoms with E-state index in [9.17, 15) is 0 Å². The summed E-state index contributed by atoms with van der Waals surface area (Å²) < 4.78 is 0. The number of benzene rings is 11. The number of hydrogen-bond donors (Lipinski definition) is 0. The Morgan fingerprint density at radius 3 is 1.13 bits per heavy atom. The van der Waals surface area contributed by atoms with Crippen LogP contribution in [-0.4, -0.2) is 0 Å². The Bertz CT molecular complexity index is 3390. The Balaban J connectivity index is 0.915. The molecular formula is C58H40N2. The van der Waals surface area contributed by atoms with Gasteiger partial charge in [0, 0.05) is 33.5 Å². The molecular weight excluding hydrogens is 725 g/mol. The minimum Gasteiger partial charge on any atom is -0.310 e. The fourth-order valence-electron chi connectivity index (χ4n) is 8.71. The molecule has 0 saturated carbocycles. The average Bonchev–Trinajstić information content (AvgIpc) is 3.31. The molecule has 2 nitrogen and oxygen atoms in total. The van der Waals surface area contributed by atoms with Crippen molar-refractivity contribution in [2.24, 2.45) is 0 Å². The van der Waals surface area contributed by atoms with Crippen molar-refractivity contribution in [1.82, 2.24) is 0 Å². The van der Waals surface area contributed by atoms with Crippen molar-refractivity contribution >= 4 is 100 Å². The number of fused-ring (bicyclic) bond motifs is 5. The van der Waals surface area contributed by atoms with Gasteiger partial charge in [0.05, 0.1) is 11.4 Å². The summed E-state index contributed by atoms with van der Waals surface area (Å²) in [5.74, 6) is 0. The summed E-state index contributed by atoms with van der Waals surface area (Å²) in [6.45, 7) is 0. The second-order valence-corrected chi connectivity index (χ2v) is 15.4. The van der Waals surface area contributed by atoms with Crippen molar-refractivity contribution < 1.29 is 0 Å². The van der Waals surface area contributed by atoms with E-state index in [-0.39, 0.29) is 0 Å². The van der Waals surface area contributed by atoms with Crippen LogP contribution in [0.25, 0.3) is 66.0 Å². The van der Waals surface area contributed by atoms with E-state index in [1.54, 1.807) is 0 Å². The van der Waals surface area contributed by atoms with Gasteiger partial charge in [-0.3, -0.25) is 0 Å². The maximum absolute atomic E-state index is 2.40.